The number of rotatable bonds is 6. The Balaban J connectivity index is 1.59. The van der Waals surface area contributed by atoms with Gasteiger partial charge in [-0.05, 0) is 30.7 Å². The molecule has 1 aliphatic heterocycles. The van der Waals surface area contributed by atoms with Gasteiger partial charge in [-0.3, -0.25) is 9.52 Å². The van der Waals surface area contributed by atoms with Crippen LogP contribution >= 0.6 is 22.9 Å². The fourth-order valence-electron chi connectivity index (χ4n) is 2.57. The number of sulfone groups is 1. The molecule has 1 atom stereocenters. The van der Waals surface area contributed by atoms with Crippen molar-refractivity contribution < 1.29 is 21.6 Å². The van der Waals surface area contributed by atoms with Gasteiger partial charge in [-0.2, -0.15) is 0 Å². The van der Waals surface area contributed by atoms with E-state index in [0.29, 0.717) is 17.1 Å². The number of halogens is 1. The zero-order valence-electron chi connectivity index (χ0n) is 13.9. The molecule has 1 amide bonds. The van der Waals surface area contributed by atoms with Crippen LogP contribution in [0.3, 0.4) is 0 Å². The summed E-state index contributed by atoms with van der Waals surface area (Å²) >= 11 is 6.81. The second-order valence-electron chi connectivity index (χ2n) is 6.05. The Bertz CT molecular complexity index is 1050. The van der Waals surface area contributed by atoms with Gasteiger partial charge in [0.2, 0.25) is 5.91 Å². The molecule has 0 spiro atoms. The average molecular weight is 450 g/mol. The number of nitrogens with zero attached hydrogens (tertiary/aromatic N) is 1. The van der Waals surface area contributed by atoms with Crippen LogP contribution in [0.4, 0.5) is 5.13 Å². The van der Waals surface area contributed by atoms with E-state index in [1.165, 1.54) is 24.3 Å². The van der Waals surface area contributed by atoms with Crippen molar-refractivity contribution in [1.29, 1.82) is 0 Å². The van der Waals surface area contributed by atoms with Crippen LogP contribution in [0.2, 0.25) is 5.02 Å². The number of sulfonamides is 1. The number of thiazole rings is 1. The number of hydrogen-bond acceptors (Lipinski definition) is 7. The fraction of sp³-hybridized carbons (Fsp3) is 0.333. The highest BCUT2D eigenvalue weighted by Crippen LogP contribution is 2.21. The molecule has 1 aliphatic rings. The minimum Gasteiger partial charge on any atom is -0.352 e. The number of anilines is 1. The van der Waals surface area contributed by atoms with Gasteiger partial charge in [-0.1, -0.05) is 11.6 Å². The second-order valence-corrected chi connectivity index (χ2v) is 11.3. The van der Waals surface area contributed by atoms with Gasteiger partial charge in [0.25, 0.3) is 10.0 Å². The molecule has 0 aliphatic carbocycles. The van der Waals surface area contributed by atoms with Crippen LogP contribution in [-0.4, -0.2) is 45.3 Å². The van der Waals surface area contributed by atoms with Gasteiger partial charge in [0.15, 0.2) is 15.0 Å². The lowest BCUT2D eigenvalue weighted by Gasteiger charge is -2.09. The molecule has 1 fully saturated rings. The molecule has 3 rings (SSSR count). The second kappa shape index (κ2) is 7.74. The van der Waals surface area contributed by atoms with Gasteiger partial charge in [-0.25, -0.2) is 21.8 Å². The summed E-state index contributed by atoms with van der Waals surface area (Å²) in [4.78, 5) is 16.2. The van der Waals surface area contributed by atoms with Crippen LogP contribution in [-0.2, 0) is 31.1 Å². The highest BCUT2D eigenvalue weighted by atomic mass is 35.5. The Hall–Kier alpha value is -1.69. The molecule has 0 bridgehead atoms. The summed E-state index contributed by atoms with van der Waals surface area (Å²) in [6.07, 6.45) is 0.340. The number of carbonyl (C=O) groups excluding carboxylic acids is 1. The molecule has 1 aromatic carbocycles. The molecule has 1 unspecified atom stereocenters. The standard InChI is InChI=1S/C15H16ClN3O5S3/c16-10-1-3-13(4-2-10)27(23,24)19-15-18-12(8-25-15)7-14(20)17-11-5-6-26(21,22)9-11/h1-4,8,11H,5-7,9H2,(H,17,20)(H,18,19). The van der Waals surface area contributed by atoms with Crippen molar-refractivity contribution in [3.05, 3.63) is 40.4 Å². The van der Waals surface area contributed by atoms with Gasteiger partial charge < -0.3 is 5.32 Å². The van der Waals surface area contributed by atoms with E-state index >= 15 is 0 Å². The number of benzene rings is 1. The normalized spacial score (nSPS) is 18.9. The summed E-state index contributed by atoms with van der Waals surface area (Å²) in [7, 11) is -6.88. The summed E-state index contributed by atoms with van der Waals surface area (Å²) < 4.78 is 49.8. The van der Waals surface area contributed by atoms with Crippen LogP contribution in [0, 0.1) is 0 Å². The number of nitrogens with one attached hydrogen (secondary N) is 2. The summed E-state index contributed by atoms with van der Waals surface area (Å²) in [6.45, 7) is 0. The van der Waals surface area contributed by atoms with Gasteiger partial charge in [0.05, 0.1) is 28.5 Å². The molecular weight excluding hydrogens is 434 g/mol. The maximum Gasteiger partial charge on any atom is 0.263 e. The Morgan fingerprint density at radius 3 is 2.63 bits per heavy atom. The van der Waals surface area contributed by atoms with Crippen LogP contribution in [0.5, 0.6) is 0 Å². The SMILES string of the molecule is O=C(Cc1csc(NS(=O)(=O)c2ccc(Cl)cc2)n1)NC1CCS(=O)(=O)C1. The number of hydrogen-bond donors (Lipinski definition) is 2. The van der Waals surface area contributed by atoms with Crippen molar-refractivity contribution in [1.82, 2.24) is 10.3 Å². The lowest BCUT2D eigenvalue weighted by Crippen LogP contribution is -2.36. The zero-order valence-corrected chi connectivity index (χ0v) is 17.1. The smallest absolute Gasteiger partial charge is 0.263 e. The Morgan fingerprint density at radius 2 is 2.00 bits per heavy atom. The number of aromatic nitrogens is 1. The lowest BCUT2D eigenvalue weighted by molar-refractivity contribution is -0.121. The topological polar surface area (TPSA) is 122 Å². The zero-order chi connectivity index (χ0) is 19.7. The minimum atomic E-state index is -3.80. The summed E-state index contributed by atoms with van der Waals surface area (Å²) in [5.74, 6) is -0.331. The van der Waals surface area contributed by atoms with E-state index in [9.17, 15) is 21.6 Å². The van der Waals surface area contributed by atoms with E-state index in [4.69, 9.17) is 11.6 Å². The molecule has 2 N–H and O–H groups in total. The third-order valence-electron chi connectivity index (χ3n) is 3.84. The number of carbonyl (C=O) groups is 1. The van der Waals surface area contributed by atoms with Crippen molar-refractivity contribution >= 4 is 53.8 Å². The Morgan fingerprint density at radius 1 is 1.30 bits per heavy atom. The van der Waals surface area contributed by atoms with Crippen molar-refractivity contribution in [3.8, 4) is 0 Å². The molecule has 2 heterocycles. The van der Waals surface area contributed by atoms with Crippen LogP contribution in [0.1, 0.15) is 12.1 Å². The van der Waals surface area contributed by atoms with Crippen molar-refractivity contribution in [2.24, 2.45) is 0 Å². The van der Waals surface area contributed by atoms with Crippen LogP contribution in [0.25, 0.3) is 0 Å². The predicted octanol–water partition coefficient (Wildman–Crippen LogP) is 1.44. The molecule has 1 aromatic heterocycles. The quantitative estimate of drug-likeness (QED) is 0.688. The van der Waals surface area contributed by atoms with Gasteiger partial charge in [-0.15, -0.1) is 11.3 Å². The predicted molar refractivity (Wildman–Crippen MR) is 103 cm³/mol. The highest BCUT2D eigenvalue weighted by Gasteiger charge is 2.29. The average Bonchev–Trinajstić information content (AvgIpc) is 3.13. The maximum atomic E-state index is 12.3. The number of amides is 1. The highest BCUT2D eigenvalue weighted by molar-refractivity contribution is 7.93. The molecule has 12 heteroatoms. The molecule has 0 radical (unpaired) electrons. The lowest BCUT2D eigenvalue weighted by atomic mass is 10.2. The van der Waals surface area contributed by atoms with Crippen molar-refractivity contribution in [2.45, 2.75) is 23.8 Å². The molecule has 1 saturated heterocycles. The summed E-state index contributed by atoms with van der Waals surface area (Å²) in [6, 6.07) is 5.31. The third kappa shape index (κ3) is 5.41. The third-order valence-corrected chi connectivity index (χ3v) is 8.15. The molecular formula is C15H16ClN3O5S3. The fourth-order valence-corrected chi connectivity index (χ4v) is 6.34. The monoisotopic (exact) mass is 449 g/mol. The first-order valence-corrected chi connectivity index (χ1v) is 12.4. The van der Waals surface area contributed by atoms with Gasteiger partial charge >= 0.3 is 0 Å². The minimum absolute atomic E-state index is 0.0452. The first kappa shape index (κ1) is 20.1. The van der Waals surface area contributed by atoms with Gasteiger partial charge in [0.1, 0.15) is 0 Å². The van der Waals surface area contributed by atoms with E-state index < -0.39 is 19.9 Å². The summed E-state index contributed by atoms with van der Waals surface area (Å²) in [5.41, 5.74) is 0.396. The molecule has 8 nitrogen and oxygen atoms in total. The van der Waals surface area contributed by atoms with E-state index in [0.717, 1.165) is 11.3 Å². The first-order valence-electron chi connectivity index (χ1n) is 7.85. The van der Waals surface area contributed by atoms with E-state index in [1.54, 1.807) is 5.38 Å². The molecule has 2 aromatic rings. The molecule has 27 heavy (non-hydrogen) atoms. The summed E-state index contributed by atoms with van der Waals surface area (Å²) in [5, 5.41) is 4.80. The largest absolute Gasteiger partial charge is 0.352 e. The van der Waals surface area contributed by atoms with E-state index in [1.807, 2.05) is 0 Å². The molecule has 146 valence electrons. The first-order chi connectivity index (χ1) is 12.6. The Labute approximate surface area is 165 Å². The van der Waals surface area contributed by atoms with E-state index in [-0.39, 0.29) is 39.9 Å². The van der Waals surface area contributed by atoms with E-state index in [2.05, 4.69) is 15.0 Å². The van der Waals surface area contributed by atoms with Gasteiger partial charge in [0, 0.05) is 16.4 Å². The molecule has 0 saturated carbocycles. The van der Waals surface area contributed by atoms with Crippen LogP contribution < -0.4 is 10.0 Å². The van der Waals surface area contributed by atoms with Crippen molar-refractivity contribution in [3.63, 3.8) is 0 Å². The Kier molecular flexibility index (Phi) is 5.75. The van der Waals surface area contributed by atoms with Crippen LogP contribution in [0.15, 0.2) is 34.5 Å². The maximum absolute atomic E-state index is 12.3. The van der Waals surface area contributed by atoms with Crippen molar-refractivity contribution in [2.75, 3.05) is 16.2 Å².